The van der Waals surface area contributed by atoms with E-state index in [0.717, 1.165) is 6.54 Å². The van der Waals surface area contributed by atoms with Gasteiger partial charge in [-0.25, -0.2) is 0 Å². The Kier molecular flexibility index (Phi) is 5.69. The highest BCUT2D eigenvalue weighted by Gasteiger charge is 2.05. The number of hydrogen-bond acceptors (Lipinski definition) is 2. The summed E-state index contributed by atoms with van der Waals surface area (Å²) in [6.45, 7) is 3.57. The van der Waals surface area contributed by atoms with Gasteiger partial charge in [0.2, 0.25) is 0 Å². The molecule has 0 aliphatic carbocycles. The Morgan fingerprint density at radius 1 is 1.33 bits per heavy atom. The highest BCUT2D eigenvalue weighted by atomic mass is 35.5. The van der Waals surface area contributed by atoms with Crippen molar-refractivity contribution in [2.24, 2.45) is 0 Å². The van der Waals surface area contributed by atoms with Gasteiger partial charge >= 0.3 is 0 Å². The summed E-state index contributed by atoms with van der Waals surface area (Å²) >= 11 is 5.80. The summed E-state index contributed by atoms with van der Waals surface area (Å²) in [5.41, 5.74) is 2.55. The summed E-state index contributed by atoms with van der Waals surface area (Å²) < 4.78 is 5.06. The van der Waals surface area contributed by atoms with E-state index in [1.54, 1.807) is 7.11 Å². The molecule has 0 saturated carbocycles. The third-order valence-electron chi connectivity index (χ3n) is 2.27. The highest BCUT2D eigenvalue weighted by Crippen LogP contribution is 2.03. The van der Waals surface area contributed by atoms with E-state index in [2.05, 4.69) is 36.5 Å². The first-order chi connectivity index (χ1) is 7.26. The van der Waals surface area contributed by atoms with Gasteiger partial charge in [0.05, 0.1) is 6.61 Å². The zero-order valence-corrected chi connectivity index (χ0v) is 10.1. The molecule has 0 aliphatic rings. The van der Waals surface area contributed by atoms with Crippen molar-refractivity contribution in [3.05, 3.63) is 35.4 Å². The molecule has 1 aromatic rings. The van der Waals surface area contributed by atoms with Crippen molar-refractivity contribution in [3.8, 4) is 0 Å². The number of alkyl halides is 1. The first-order valence-corrected chi connectivity index (χ1v) is 5.63. The van der Waals surface area contributed by atoms with Crippen molar-refractivity contribution in [2.45, 2.75) is 19.5 Å². The van der Waals surface area contributed by atoms with Crippen molar-refractivity contribution in [1.82, 2.24) is 5.32 Å². The quantitative estimate of drug-likeness (QED) is 0.754. The van der Waals surface area contributed by atoms with Gasteiger partial charge in [-0.1, -0.05) is 29.8 Å². The van der Waals surface area contributed by atoms with Gasteiger partial charge < -0.3 is 10.1 Å². The van der Waals surface area contributed by atoms with Crippen LogP contribution in [-0.4, -0.2) is 25.6 Å². The summed E-state index contributed by atoms with van der Waals surface area (Å²) in [4.78, 5) is 0. The maximum Gasteiger partial charge on any atom is 0.0627 e. The van der Waals surface area contributed by atoms with Crippen LogP contribution in [0.4, 0.5) is 0 Å². The molecular formula is C12H18ClNO. The Balaban J connectivity index is 2.38. The van der Waals surface area contributed by atoms with Crippen LogP contribution in [0.3, 0.4) is 0 Å². The minimum absolute atomic E-state index is 0.220. The van der Waals surface area contributed by atoms with Gasteiger partial charge in [0.25, 0.3) is 0 Å². The minimum Gasteiger partial charge on any atom is -0.383 e. The molecule has 0 bridgehead atoms. The molecule has 0 aliphatic heterocycles. The second-order valence-corrected chi connectivity index (χ2v) is 3.98. The molecule has 0 aromatic heterocycles. The molecular weight excluding hydrogens is 210 g/mol. The summed E-state index contributed by atoms with van der Waals surface area (Å²) in [6.07, 6.45) is 0. The Labute approximate surface area is 96.6 Å². The van der Waals surface area contributed by atoms with E-state index in [9.17, 15) is 0 Å². The third-order valence-corrected chi connectivity index (χ3v) is 2.64. The Morgan fingerprint density at radius 3 is 2.53 bits per heavy atom. The van der Waals surface area contributed by atoms with Crippen LogP contribution >= 0.6 is 11.6 Å². The topological polar surface area (TPSA) is 21.3 Å². The van der Waals surface area contributed by atoms with Crippen LogP contribution < -0.4 is 5.32 Å². The van der Waals surface area contributed by atoms with Crippen LogP contribution in [0.1, 0.15) is 11.1 Å². The predicted octanol–water partition coefficient (Wildman–Crippen LogP) is 2.34. The molecule has 84 valence electrons. The number of ether oxygens (including phenoxy) is 1. The van der Waals surface area contributed by atoms with Crippen molar-refractivity contribution in [2.75, 3.05) is 19.6 Å². The number of methoxy groups -OCH3 is 1. The van der Waals surface area contributed by atoms with Gasteiger partial charge in [-0.15, -0.1) is 11.6 Å². The van der Waals surface area contributed by atoms with Crippen LogP contribution in [0.15, 0.2) is 24.3 Å². The molecule has 1 rings (SSSR count). The zero-order chi connectivity index (χ0) is 11.1. The van der Waals surface area contributed by atoms with Crippen molar-refractivity contribution >= 4 is 11.6 Å². The fourth-order valence-corrected chi connectivity index (χ4v) is 1.53. The lowest BCUT2D eigenvalue weighted by Crippen LogP contribution is -2.34. The average Bonchev–Trinajstić information content (AvgIpc) is 2.26. The molecule has 3 heteroatoms. The van der Waals surface area contributed by atoms with E-state index in [0.29, 0.717) is 12.5 Å². The van der Waals surface area contributed by atoms with Crippen molar-refractivity contribution in [3.63, 3.8) is 0 Å². The first kappa shape index (κ1) is 12.5. The molecule has 0 fully saturated rings. The van der Waals surface area contributed by atoms with Crippen LogP contribution in [0, 0.1) is 6.92 Å². The van der Waals surface area contributed by atoms with Crippen LogP contribution in [0.2, 0.25) is 0 Å². The van der Waals surface area contributed by atoms with E-state index in [1.807, 2.05) is 0 Å². The smallest absolute Gasteiger partial charge is 0.0627 e. The molecule has 0 amide bonds. The molecule has 0 saturated heterocycles. The lowest BCUT2D eigenvalue weighted by Gasteiger charge is -2.14. The van der Waals surface area contributed by atoms with E-state index < -0.39 is 0 Å². The Morgan fingerprint density at radius 2 is 2.00 bits per heavy atom. The van der Waals surface area contributed by atoms with Gasteiger partial charge in [-0.3, -0.25) is 0 Å². The van der Waals surface area contributed by atoms with Crippen LogP contribution in [0.5, 0.6) is 0 Å². The monoisotopic (exact) mass is 227 g/mol. The largest absolute Gasteiger partial charge is 0.383 e. The van der Waals surface area contributed by atoms with E-state index >= 15 is 0 Å². The molecule has 0 heterocycles. The normalized spacial score (nSPS) is 12.7. The average molecular weight is 228 g/mol. The van der Waals surface area contributed by atoms with Gasteiger partial charge in [0.1, 0.15) is 0 Å². The number of benzene rings is 1. The minimum atomic E-state index is 0.220. The first-order valence-electron chi connectivity index (χ1n) is 5.10. The summed E-state index contributed by atoms with van der Waals surface area (Å²) in [7, 11) is 1.69. The molecule has 1 N–H and O–H groups in total. The maximum absolute atomic E-state index is 5.80. The van der Waals surface area contributed by atoms with Gasteiger partial charge in [0, 0.05) is 25.6 Å². The Bertz CT molecular complexity index is 273. The fourth-order valence-electron chi connectivity index (χ4n) is 1.33. The number of aryl methyl sites for hydroxylation is 1. The van der Waals surface area contributed by atoms with Crippen molar-refractivity contribution in [1.29, 1.82) is 0 Å². The second kappa shape index (κ2) is 6.83. The number of halogens is 1. The van der Waals surface area contributed by atoms with Crippen LogP contribution in [-0.2, 0) is 11.3 Å². The van der Waals surface area contributed by atoms with E-state index in [-0.39, 0.29) is 6.04 Å². The van der Waals surface area contributed by atoms with Crippen LogP contribution in [0.25, 0.3) is 0 Å². The molecule has 1 aromatic carbocycles. The number of nitrogens with one attached hydrogen (secondary N) is 1. The molecule has 1 atom stereocenters. The highest BCUT2D eigenvalue weighted by molar-refractivity contribution is 6.18. The molecule has 0 radical (unpaired) electrons. The van der Waals surface area contributed by atoms with Gasteiger partial charge in [0.15, 0.2) is 0 Å². The predicted molar refractivity (Wildman–Crippen MR) is 64.4 cm³/mol. The second-order valence-electron chi connectivity index (χ2n) is 3.67. The van der Waals surface area contributed by atoms with Crippen molar-refractivity contribution < 1.29 is 4.74 Å². The van der Waals surface area contributed by atoms with E-state index in [4.69, 9.17) is 16.3 Å². The number of rotatable bonds is 6. The lowest BCUT2D eigenvalue weighted by atomic mass is 10.1. The summed E-state index contributed by atoms with van der Waals surface area (Å²) in [6, 6.07) is 8.70. The summed E-state index contributed by atoms with van der Waals surface area (Å²) in [5, 5.41) is 3.35. The number of hydrogen-bond donors (Lipinski definition) is 1. The molecule has 15 heavy (non-hydrogen) atoms. The van der Waals surface area contributed by atoms with Gasteiger partial charge in [-0.05, 0) is 12.5 Å². The molecule has 0 spiro atoms. The van der Waals surface area contributed by atoms with E-state index in [1.165, 1.54) is 11.1 Å². The SMILES string of the molecule is COCC(CCl)NCc1ccc(C)cc1. The standard InChI is InChI=1S/C12H18ClNO/c1-10-3-5-11(6-4-10)8-14-12(7-13)9-15-2/h3-6,12,14H,7-9H2,1-2H3. The molecule has 1 unspecified atom stereocenters. The fraction of sp³-hybridized carbons (Fsp3) is 0.500. The van der Waals surface area contributed by atoms with Gasteiger partial charge in [-0.2, -0.15) is 0 Å². The zero-order valence-electron chi connectivity index (χ0n) is 9.29. The Hall–Kier alpha value is -0.570. The summed E-state index contributed by atoms with van der Waals surface area (Å²) in [5.74, 6) is 0.569. The third kappa shape index (κ3) is 4.65. The lowest BCUT2D eigenvalue weighted by molar-refractivity contribution is 0.172. The maximum atomic E-state index is 5.80. The molecule has 2 nitrogen and oxygen atoms in total.